The summed E-state index contributed by atoms with van der Waals surface area (Å²) < 4.78 is 1.99. The first kappa shape index (κ1) is 22.2. The summed E-state index contributed by atoms with van der Waals surface area (Å²) in [5.41, 5.74) is 11.1. The van der Waals surface area contributed by atoms with Gasteiger partial charge in [-0.1, -0.05) is 23.7 Å². The van der Waals surface area contributed by atoms with Crippen LogP contribution >= 0.6 is 11.6 Å². The van der Waals surface area contributed by atoms with E-state index in [1.165, 1.54) is 43.1 Å². The van der Waals surface area contributed by atoms with Crippen LogP contribution in [0.1, 0.15) is 54.3 Å². The quantitative estimate of drug-likeness (QED) is 0.325. The highest BCUT2D eigenvalue weighted by molar-refractivity contribution is 6.30. The maximum Gasteiger partial charge on any atom is 0.212 e. The van der Waals surface area contributed by atoms with Crippen LogP contribution in [0, 0.1) is 0 Å². The molecule has 0 atom stereocenters. The Balaban J connectivity index is 0.000000200. The number of nitrogens with zero attached hydrogens (tertiary/aromatic N) is 4. The fourth-order valence-electron chi connectivity index (χ4n) is 3.88. The van der Waals surface area contributed by atoms with Crippen molar-refractivity contribution in [2.24, 2.45) is 0 Å². The Kier molecular flexibility index (Phi) is 6.31. The average Bonchev–Trinajstić information content (AvgIpc) is 3.75. The molecule has 2 fully saturated rings. The van der Waals surface area contributed by atoms with Crippen LogP contribution < -0.4 is 16.4 Å². The fourth-order valence-corrected chi connectivity index (χ4v) is 4.07. The van der Waals surface area contributed by atoms with Crippen LogP contribution in [0.2, 0.25) is 5.02 Å². The topological polar surface area (TPSA) is 110 Å². The number of benzene rings is 1. The molecule has 0 spiro atoms. The zero-order valence-corrected chi connectivity index (χ0v) is 19.4. The molecule has 4 aromatic rings. The van der Waals surface area contributed by atoms with Crippen LogP contribution in [-0.2, 0) is 11.3 Å². The first-order valence-electron chi connectivity index (χ1n) is 11.4. The van der Waals surface area contributed by atoms with E-state index >= 15 is 0 Å². The molecule has 1 amide bonds. The van der Waals surface area contributed by atoms with Crippen LogP contribution in [0.4, 0.5) is 17.3 Å². The number of hydrogen-bond acceptors (Lipinski definition) is 6. The number of rotatable bonds is 7. The summed E-state index contributed by atoms with van der Waals surface area (Å²) in [6.07, 6.45) is 11.2. The molecule has 2 aliphatic rings. The van der Waals surface area contributed by atoms with Crippen molar-refractivity contribution in [1.82, 2.24) is 19.4 Å². The number of nitrogens with one attached hydrogen (secondary N) is 2. The van der Waals surface area contributed by atoms with E-state index in [1.54, 1.807) is 6.07 Å². The molecule has 0 saturated heterocycles. The van der Waals surface area contributed by atoms with Gasteiger partial charge in [-0.2, -0.15) is 0 Å². The van der Waals surface area contributed by atoms with Gasteiger partial charge < -0.3 is 20.8 Å². The molecule has 1 aromatic carbocycles. The molecule has 174 valence electrons. The second kappa shape index (κ2) is 9.69. The van der Waals surface area contributed by atoms with E-state index < -0.39 is 0 Å². The summed E-state index contributed by atoms with van der Waals surface area (Å²) >= 11 is 5.82. The third-order valence-electron chi connectivity index (χ3n) is 5.92. The van der Waals surface area contributed by atoms with Crippen molar-refractivity contribution in [1.29, 1.82) is 0 Å². The van der Waals surface area contributed by atoms with Gasteiger partial charge in [0.25, 0.3) is 0 Å². The molecule has 9 heteroatoms. The predicted molar refractivity (Wildman–Crippen MR) is 134 cm³/mol. The van der Waals surface area contributed by atoms with E-state index in [9.17, 15) is 4.79 Å². The summed E-state index contributed by atoms with van der Waals surface area (Å²) in [4.78, 5) is 23.1. The lowest BCUT2D eigenvalue weighted by Crippen LogP contribution is -2.04. The predicted octanol–water partition coefficient (Wildman–Crippen LogP) is 4.98. The van der Waals surface area contributed by atoms with Gasteiger partial charge in [0.1, 0.15) is 18.0 Å². The monoisotopic (exact) mass is 475 g/mol. The van der Waals surface area contributed by atoms with Gasteiger partial charge in [0.05, 0.1) is 17.9 Å². The SMILES string of the molecule is Clc1cccc(C2CC2)c1.Nc1cc(C2CC2)cn2cc(CNc3cc(NC=O)ncn3)nc12. The minimum atomic E-state index is 0.441. The largest absolute Gasteiger partial charge is 0.396 e. The molecule has 0 bridgehead atoms. The van der Waals surface area contributed by atoms with E-state index in [-0.39, 0.29) is 0 Å². The Morgan fingerprint density at radius 2 is 1.79 bits per heavy atom. The summed E-state index contributed by atoms with van der Waals surface area (Å²) in [6.45, 7) is 0.497. The van der Waals surface area contributed by atoms with Crippen molar-refractivity contribution in [2.75, 3.05) is 16.4 Å². The molecular weight excluding hydrogens is 450 g/mol. The lowest BCUT2D eigenvalue weighted by molar-refractivity contribution is -0.105. The third-order valence-corrected chi connectivity index (χ3v) is 6.16. The lowest BCUT2D eigenvalue weighted by atomic mass is 10.1. The number of imidazole rings is 1. The molecule has 6 rings (SSSR count). The summed E-state index contributed by atoms with van der Waals surface area (Å²) in [5.74, 6) is 2.51. The normalized spacial score (nSPS) is 14.9. The van der Waals surface area contributed by atoms with Crippen molar-refractivity contribution in [3.63, 3.8) is 0 Å². The van der Waals surface area contributed by atoms with Crippen LogP contribution in [0.3, 0.4) is 0 Å². The number of anilines is 3. The maximum absolute atomic E-state index is 10.5. The zero-order chi connectivity index (χ0) is 23.5. The Morgan fingerprint density at radius 1 is 1.03 bits per heavy atom. The molecule has 0 aliphatic heterocycles. The van der Waals surface area contributed by atoms with E-state index in [0.717, 1.165) is 22.3 Å². The highest BCUT2D eigenvalue weighted by Crippen LogP contribution is 2.41. The molecule has 3 aromatic heterocycles. The second-order valence-electron chi connectivity index (χ2n) is 8.70. The van der Waals surface area contributed by atoms with Crippen LogP contribution in [0.25, 0.3) is 5.65 Å². The number of nitrogens with two attached hydrogens (primary N) is 1. The van der Waals surface area contributed by atoms with Crippen LogP contribution in [0.5, 0.6) is 0 Å². The van der Waals surface area contributed by atoms with Gasteiger partial charge in [-0.15, -0.1) is 0 Å². The number of halogens is 1. The number of carbonyl (C=O) groups excluding carboxylic acids is 1. The van der Waals surface area contributed by atoms with Gasteiger partial charge in [-0.3, -0.25) is 4.79 Å². The summed E-state index contributed by atoms with van der Waals surface area (Å²) in [7, 11) is 0. The third kappa shape index (κ3) is 5.46. The number of aromatic nitrogens is 4. The fraction of sp³-hybridized carbons (Fsp3) is 0.280. The van der Waals surface area contributed by atoms with Gasteiger partial charge in [0.2, 0.25) is 6.41 Å². The number of amides is 1. The van der Waals surface area contributed by atoms with Crippen molar-refractivity contribution in [3.05, 3.63) is 77.0 Å². The van der Waals surface area contributed by atoms with Crippen molar-refractivity contribution in [3.8, 4) is 0 Å². The molecule has 2 aliphatic carbocycles. The van der Waals surface area contributed by atoms with Gasteiger partial charge in [-0.25, -0.2) is 15.0 Å². The number of pyridine rings is 1. The smallest absolute Gasteiger partial charge is 0.212 e. The van der Waals surface area contributed by atoms with Gasteiger partial charge >= 0.3 is 0 Å². The Morgan fingerprint density at radius 3 is 2.53 bits per heavy atom. The van der Waals surface area contributed by atoms with E-state index in [1.807, 2.05) is 28.8 Å². The van der Waals surface area contributed by atoms with Gasteiger partial charge in [0, 0.05) is 23.5 Å². The molecule has 4 N–H and O–H groups in total. The molecule has 8 nitrogen and oxygen atoms in total. The van der Waals surface area contributed by atoms with Crippen LogP contribution in [0.15, 0.2) is 55.1 Å². The lowest BCUT2D eigenvalue weighted by Gasteiger charge is -2.04. The Bertz CT molecular complexity index is 1310. The molecule has 0 radical (unpaired) electrons. The summed E-state index contributed by atoms with van der Waals surface area (Å²) in [5, 5.41) is 6.52. The van der Waals surface area contributed by atoms with E-state index in [2.05, 4.69) is 43.9 Å². The van der Waals surface area contributed by atoms with E-state index in [0.29, 0.717) is 36.2 Å². The molecular formula is C25H26ClN7O. The van der Waals surface area contributed by atoms with Crippen molar-refractivity contribution < 1.29 is 4.79 Å². The molecule has 3 heterocycles. The number of nitrogen functional groups attached to an aromatic ring is 1. The van der Waals surface area contributed by atoms with Crippen LogP contribution in [-0.4, -0.2) is 25.8 Å². The second-order valence-corrected chi connectivity index (χ2v) is 9.14. The number of carbonyl (C=O) groups is 1. The highest BCUT2D eigenvalue weighted by Gasteiger charge is 2.25. The molecule has 0 unspecified atom stereocenters. The minimum Gasteiger partial charge on any atom is -0.396 e. The first-order chi connectivity index (χ1) is 16.6. The summed E-state index contributed by atoms with van der Waals surface area (Å²) in [6, 6.07) is 11.9. The Hall–Kier alpha value is -3.65. The molecule has 34 heavy (non-hydrogen) atoms. The minimum absolute atomic E-state index is 0.441. The van der Waals surface area contributed by atoms with Gasteiger partial charge in [0.15, 0.2) is 5.65 Å². The standard InChI is InChI=1S/C16H17N7O.C9H9Cl/c17-13-3-11(10-1-2-10)6-23-7-12(22-16(13)23)5-18-14-4-15(21-9-24)20-8-19-14;10-9-3-1-2-8(6-9)7-4-5-7/h3-4,6-10H,1-2,5,17H2,(H2,18,19,20,21,24);1-3,6-7H,4-5H2. The molecule has 2 saturated carbocycles. The number of hydrogen-bond donors (Lipinski definition) is 3. The van der Waals surface area contributed by atoms with Crippen molar-refractivity contribution >= 4 is 41.0 Å². The maximum atomic E-state index is 10.5. The number of fused-ring (bicyclic) bond motifs is 1. The zero-order valence-electron chi connectivity index (χ0n) is 18.6. The Labute approximate surface area is 202 Å². The average molecular weight is 476 g/mol. The van der Waals surface area contributed by atoms with Gasteiger partial charge in [-0.05, 0) is 66.8 Å². The van der Waals surface area contributed by atoms with Crippen molar-refractivity contribution in [2.45, 2.75) is 44.1 Å². The highest BCUT2D eigenvalue weighted by atomic mass is 35.5. The van der Waals surface area contributed by atoms with E-state index in [4.69, 9.17) is 17.3 Å². The first-order valence-corrected chi connectivity index (χ1v) is 11.8.